The summed E-state index contributed by atoms with van der Waals surface area (Å²) in [4.78, 5) is 28.3. The van der Waals surface area contributed by atoms with Gasteiger partial charge >= 0.3 is 6.36 Å². The molecule has 0 aliphatic carbocycles. The number of carbonyl (C=O) groups excluding carboxylic acids is 2. The van der Waals surface area contributed by atoms with Crippen molar-refractivity contribution in [1.82, 2.24) is 9.80 Å². The highest BCUT2D eigenvalue weighted by atomic mass is 19.4. The molecule has 2 amide bonds. The summed E-state index contributed by atoms with van der Waals surface area (Å²) in [5, 5.41) is 12.4. The minimum atomic E-state index is -4.77. The Bertz CT molecular complexity index is 927. The average Bonchev–Trinajstić information content (AvgIpc) is 2.74. The van der Waals surface area contributed by atoms with Gasteiger partial charge in [-0.1, -0.05) is 18.2 Å². The van der Waals surface area contributed by atoms with Gasteiger partial charge in [-0.2, -0.15) is 0 Å². The van der Waals surface area contributed by atoms with Crippen LogP contribution < -0.4 is 10.1 Å². The number of benzene rings is 2. The fourth-order valence-electron chi connectivity index (χ4n) is 3.42. The van der Waals surface area contributed by atoms with Crippen molar-refractivity contribution < 1.29 is 32.6 Å². The van der Waals surface area contributed by atoms with Crippen LogP contribution in [0.2, 0.25) is 0 Å². The summed E-state index contributed by atoms with van der Waals surface area (Å²) in [6, 6.07) is 11.8. The van der Waals surface area contributed by atoms with E-state index in [0.29, 0.717) is 44.7 Å². The third-order valence-corrected chi connectivity index (χ3v) is 5.06. The van der Waals surface area contributed by atoms with Crippen molar-refractivity contribution in [1.29, 1.82) is 0 Å². The number of hydrogen-bond donors (Lipinski definition) is 2. The second kappa shape index (κ2) is 10.4. The number of para-hydroxylation sites is 1. The van der Waals surface area contributed by atoms with Crippen molar-refractivity contribution in [3.63, 3.8) is 0 Å². The molecule has 2 aromatic carbocycles. The number of ether oxygens (including phenoxy) is 1. The number of aromatic hydroxyl groups is 1. The third-order valence-electron chi connectivity index (χ3n) is 5.06. The monoisotopic (exact) mass is 451 g/mol. The van der Waals surface area contributed by atoms with Crippen LogP contribution in [0.1, 0.15) is 12.0 Å². The van der Waals surface area contributed by atoms with Gasteiger partial charge in [0.2, 0.25) is 11.8 Å². The number of piperazine rings is 1. The maximum Gasteiger partial charge on any atom is 0.573 e. The molecule has 10 heteroatoms. The van der Waals surface area contributed by atoms with E-state index in [9.17, 15) is 27.9 Å². The van der Waals surface area contributed by atoms with Crippen LogP contribution >= 0.6 is 0 Å². The van der Waals surface area contributed by atoms with E-state index in [1.165, 1.54) is 12.1 Å². The number of anilines is 1. The number of halogens is 3. The average molecular weight is 451 g/mol. The quantitative estimate of drug-likeness (QED) is 0.677. The number of amides is 2. The number of alkyl halides is 3. The maximum atomic E-state index is 12.4. The molecule has 2 aromatic rings. The number of aryl methyl sites for hydroxylation is 1. The van der Waals surface area contributed by atoms with Gasteiger partial charge in [-0.3, -0.25) is 14.5 Å². The Labute approximate surface area is 183 Å². The van der Waals surface area contributed by atoms with E-state index in [1.807, 2.05) is 11.0 Å². The molecule has 1 aliphatic rings. The number of nitrogens with one attached hydrogen (secondary N) is 1. The number of nitrogens with zero attached hydrogens (tertiary/aromatic N) is 2. The molecular formula is C22H24F3N3O4. The Morgan fingerprint density at radius 2 is 1.66 bits per heavy atom. The zero-order valence-corrected chi connectivity index (χ0v) is 17.3. The zero-order chi connectivity index (χ0) is 23.1. The summed E-state index contributed by atoms with van der Waals surface area (Å²) in [5.74, 6) is -0.482. The second-order valence-corrected chi connectivity index (χ2v) is 7.41. The van der Waals surface area contributed by atoms with Crippen molar-refractivity contribution in [2.75, 3.05) is 38.0 Å². The van der Waals surface area contributed by atoms with Crippen LogP contribution in [0.25, 0.3) is 0 Å². The second-order valence-electron chi connectivity index (χ2n) is 7.41. The largest absolute Gasteiger partial charge is 0.573 e. The minimum absolute atomic E-state index is 0.00137. The zero-order valence-electron chi connectivity index (χ0n) is 17.3. The van der Waals surface area contributed by atoms with Crippen molar-refractivity contribution >= 4 is 17.5 Å². The maximum absolute atomic E-state index is 12.4. The van der Waals surface area contributed by atoms with Gasteiger partial charge < -0.3 is 20.1 Å². The molecular weight excluding hydrogens is 427 g/mol. The highest BCUT2D eigenvalue weighted by Crippen LogP contribution is 2.24. The molecule has 1 heterocycles. The van der Waals surface area contributed by atoms with Crippen molar-refractivity contribution in [3.05, 3.63) is 54.1 Å². The molecule has 7 nitrogen and oxygen atoms in total. The van der Waals surface area contributed by atoms with Gasteiger partial charge in [0.25, 0.3) is 0 Å². The standard InChI is InChI=1S/C22H24F3N3O4/c23-22(24,25)32-18-8-6-17(7-9-18)26-20(30)15-27-11-13-28(14-12-27)21(31)10-5-16-3-1-2-4-19(16)29/h1-4,6-9,29H,5,10-15H2,(H,26,30). The Kier molecular flexibility index (Phi) is 7.57. The van der Waals surface area contributed by atoms with E-state index in [-0.39, 0.29) is 29.9 Å². The lowest BCUT2D eigenvalue weighted by Crippen LogP contribution is -2.50. The van der Waals surface area contributed by atoms with Crippen molar-refractivity contribution in [2.24, 2.45) is 0 Å². The number of phenolic OH excluding ortho intramolecular Hbond substituents is 1. The van der Waals surface area contributed by atoms with Crippen LogP contribution in [-0.2, 0) is 16.0 Å². The summed E-state index contributed by atoms with van der Waals surface area (Å²) < 4.78 is 40.4. The lowest BCUT2D eigenvalue weighted by Gasteiger charge is -2.34. The summed E-state index contributed by atoms with van der Waals surface area (Å²) in [5.41, 5.74) is 1.09. The van der Waals surface area contributed by atoms with Crippen LogP contribution in [0.3, 0.4) is 0 Å². The van der Waals surface area contributed by atoms with Crippen LogP contribution in [0.15, 0.2) is 48.5 Å². The summed E-state index contributed by atoms with van der Waals surface area (Å²) in [6.07, 6.45) is -4.01. The van der Waals surface area contributed by atoms with Gasteiger partial charge in [-0.15, -0.1) is 13.2 Å². The molecule has 1 saturated heterocycles. The Morgan fingerprint density at radius 3 is 2.28 bits per heavy atom. The number of carbonyl (C=O) groups is 2. The Morgan fingerprint density at radius 1 is 1.00 bits per heavy atom. The third kappa shape index (κ3) is 7.16. The first-order valence-electron chi connectivity index (χ1n) is 10.1. The van der Waals surface area contributed by atoms with E-state index in [1.54, 1.807) is 23.1 Å². The molecule has 0 spiro atoms. The topological polar surface area (TPSA) is 82.1 Å². The Balaban J connectivity index is 1.39. The molecule has 1 fully saturated rings. The lowest BCUT2D eigenvalue weighted by atomic mass is 10.1. The minimum Gasteiger partial charge on any atom is -0.508 e. The van der Waals surface area contributed by atoms with Crippen molar-refractivity contribution in [3.8, 4) is 11.5 Å². The molecule has 1 aliphatic heterocycles. The first-order valence-corrected chi connectivity index (χ1v) is 10.1. The van der Waals surface area contributed by atoms with Crippen LogP contribution in [-0.4, -0.2) is 65.8 Å². The SMILES string of the molecule is O=C(CN1CCN(C(=O)CCc2ccccc2O)CC1)Nc1ccc(OC(F)(F)F)cc1. The van der Waals surface area contributed by atoms with E-state index < -0.39 is 6.36 Å². The van der Waals surface area contributed by atoms with Crippen LogP contribution in [0.5, 0.6) is 11.5 Å². The lowest BCUT2D eigenvalue weighted by molar-refractivity contribution is -0.274. The molecule has 0 atom stereocenters. The molecule has 0 radical (unpaired) electrons. The highest BCUT2D eigenvalue weighted by molar-refractivity contribution is 5.92. The molecule has 0 saturated carbocycles. The number of phenols is 1. The van der Waals surface area contributed by atoms with Gasteiger partial charge in [0.05, 0.1) is 6.54 Å². The Hall–Kier alpha value is -3.27. The molecule has 0 unspecified atom stereocenters. The highest BCUT2D eigenvalue weighted by Gasteiger charge is 2.31. The van der Waals surface area contributed by atoms with E-state index in [0.717, 1.165) is 17.7 Å². The molecule has 3 rings (SSSR count). The summed E-state index contributed by atoms with van der Waals surface area (Å²) in [7, 11) is 0. The van der Waals surface area contributed by atoms with Crippen LogP contribution in [0.4, 0.5) is 18.9 Å². The predicted octanol–water partition coefficient (Wildman–Crippen LogP) is 3.01. The van der Waals surface area contributed by atoms with E-state index in [4.69, 9.17) is 0 Å². The van der Waals surface area contributed by atoms with E-state index in [2.05, 4.69) is 10.1 Å². The van der Waals surface area contributed by atoms with Crippen molar-refractivity contribution in [2.45, 2.75) is 19.2 Å². The van der Waals surface area contributed by atoms with Gasteiger partial charge in [0.15, 0.2) is 0 Å². The van der Waals surface area contributed by atoms with Gasteiger partial charge in [-0.05, 0) is 42.3 Å². The predicted molar refractivity (Wildman–Crippen MR) is 111 cm³/mol. The van der Waals surface area contributed by atoms with Gasteiger partial charge in [0.1, 0.15) is 11.5 Å². The van der Waals surface area contributed by atoms with Crippen LogP contribution in [0, 0.1) is 0 Å². The fourth-order valence-corrected chi connectivity index (χ4v) is 3.42. The first kappa shape index (κ1) is 23.4. The summed E-state index contributed by atoms with van der Waals surface area (Å²) in [6.45, 7) is 2.18. The van der Waals surface area contributed by atoms with E-state index >= 15 is 0 Å². The molecule has 0 aromatic heterocycles. The molecule has 32 heavy (non-hydrogen) atoms. The van der Waals surface area contributed by atoms with Gasteiger partial charge in [0, 0.05) is 38.3 Å². The normalized spacial score (nSPS) is 14.8. The molecule has 0 bridgehead atoms. The molecule has 172 valence electrons. The first-order chi connectivity index (χ1) is 15.2. The summed E-state index contributed by atoms with van der Waals surface area (Å²) >= 11 is 0. The molecule has 2 N–H and O–H groups in total. The number of hydrogen-bond acceptors (Lipinski definition) is 5. The fraction of sp³-hybridized carbons (Fsp3) is 0.364. The van der Waals surface area contributed by atoms with Gasteiger partial charge in [-0.25, -0.2) is 0 Å². The smallest absolute Gasteiger partial charge is 0.508 e. The number of rotatable bonds is 7.